The second-order valence-corrected chi connectivity index (χ2v) is 7.27. The zero-order valence-corrected chi connectivity index (χ0v) is 15.4. The summed E-state index contributed by atoms with van der Waals surface area (Å²) in [5.41, 5.74) is 0.703. The van der Waals surface area contributed by atoms with E-state index in [0.717, 1.165) is 5.56 Å². The monoisotopic (exact) mass is 356 g/mol. The number of H-pyrrole nitrogens is 1. The van der Waals surface area contributed by atoms with Gasteiger partial charge in [0.1, 0.15) is 5.60 Å². The molecule has 1 saturated heterocycles. The number of benzene rings is 1. The quantitative estimate of drug-likeness (QED) is 0.894. The molecule has 1 aliphatic heterocycles. The van der Waals surface area contributed by atoms with Crippen LogP contribution in [-0.2, 0) is 4.74 Å². The molecule has 3 rings (SSSR count). The molecule has 1 aromatic heterocycles. The first-order valence-electron chi connectivity index (χ1n) is 8.71. The van der Waals surface area contributed by atoms with E-state index in [4.69, 9.17) is 4.74 Å². The standard InChI is InChI=1S/C19H24N4O3/c1-19(2,3)26-18(25)23-11-9-22(10-12-23)17-20-13-15(16(24)21-17)14-7-5-4-6-8-14/h4-8,13H,9-12H2,1-3H3,(H,20,21,24). The molecule has 7 heteroatoms. The van der Waals surface area contributed by atoms with E-state index < -0.39 is 5.60 Å². The number of carbonyl (C=O) groups excluding carboxylic acids is 1. The normalized spacial score (nSPS) is 15.0. The number of nitrogens with zero attached hydrogens (tertiary/aromatic N) is 3. The number of piperazine rings is 1. The van der Waals surface area contributed by atoms with E-state index in [9.17, 15) is 9.59 Å². The van der Waals surface area contributed by atoms with Gasteiger partial charge in [0.25, 0.3) is 5.56 Å². The summed E-state index contributed by atoms with van der Waals surface area (Å²) < 4.78 is 5.40. The van der Waals surface area contributed by atoms with Crippen LogP contribution in [-0.4, -0.2) is 52.7 Å². The summed E-state index contributed by atoms with van der Waals surface area (Å²) in [4.78, 5) is 35.4. The Balaban J connectivity index is 1.66. The van der Waals surface area contributed by atoms with Gasteiger partial charge in [-0.1, -0.05) is 30.3 Å². The van der Waals surface area contributed by atoms with Crippen LogP contribution in [0.3, 0.4) is 0 Å². The van der Waals surface area contributed by atoms with Crippen LogP contribution in [0.2, 0.25) is 0 Å². The Labute approximate surface area is 152 Å². The first-order valence-corrected chi connectivity index (χ1v) is 8.71. The van der Waals surface area contributed by atoms with Gasteiger partial charge in [-0.25, -0.2) is 9.78 Å². The Morgan fingerprint density at radius 2 is 1.77 bits per heavy atom. The number of rotatable bonds is 2. The van der Waals surface area contributed by atoms with Gasteiger partial charge in [-0.15, -0.1) is 0 Å². The van der Waals surface area contributed by atoms with Gasteiger partial charge >= 0.3 is 6.09 Å². The van der Waals surface area contributed by atoms with Gasteiger partial charge in [0.2, 0.25) is 5.95 Å². The summed E-state index contributed by atoms with van der Waals surface area (Å²) >= 11 is 0. The molecular formula is C19H24N4O3. The van der Waals surface area contributed by atoms with E-state index in [1.165, 1.54) is 0 Å². The number of anilines is 1. The van der Waals surface area contributed by atoms with Crippen LogP contribution in [0.4, 0.5) is 10.7 Å². The summed E-state index contributed by atoms with van der Waals surface area (Å²) in [5.74, 6) is 0.526. The first kappa shape index (κ1) is 18.0. The maximum Gasteiger partial charge on any atom is 0.410 e. The lowest BCUT2D eigenvalue weighted by Crippen LogP contribution is -2.50. The summed E-state index contributed by atoms with van der Waals surface area (Å²) in [6.45, 7) is 7.79. The third kappa shape index (κ3) is 4.22. The third-order valence-corrected chi connectivity index (χ3v) is 4.10. The number of ether oxygens (including phenoxy) is 1. The van der Waals surface area contributed by atoms with Crippen molar-refractivity contribution in [2.45, 2.75) is 26.4 Å². The molecular weight excluding hydrogens is 332 g/mol. The minimum absolute atomic E-state index is 0.171. The van der Waals surface area contributed by atoms with Gasteiger partial charge in [-0.3, -0.25) is 9.78 Å². The average molecular weight is 356 g/mol. The van der Waals surface area contributed by atoms with Crippen molar-refractivity contribution in [2.75, 3.05) is 31.1 Å². The predicted octanol–water partition coefficient (Wildman–Crippen LogP) is 2.49. The minimum Gasteiger partial charge on any atom is -0.444 e. The Bertz CT molecular complexity index is 819. The van der Waals surface area contributed by atoms with Crippen molar-refractivity contribution >= 4 is 12.0 Å². The van der Waals surface area contributed by atoms with Crippen LogP contribution in [0.15, 0.2) is 41.3 Å². The van der Waals surface area contributed by atoms with Crippen LogP contribution in [0.1, 0.15) is 20.8 Å². The number of carbonyl (C=O) groups is 1. The van der Waals surface area contributed by atoms with Crippen molar-refractivity contribution in [1.82, 2.24) is 14.9 Å². The molecule has 1 fully saturated rings. The van der Waals surface area contributed by atoms with E-state index in [0.29, 0.717) is 37.7 Å². The number of aromatic nitrogens is 2. The molecule has 0 unspecified atom stereocenters. The number of aromatic amines is 1. The molecule has 0 spiro atoms. The maximum atomic E-state index is 12.4. The summed E-state index contributed by atoms with van der Waals surface area (Å²) in [6.07, 6.45) is 1.29. The molecule has 1 aromatic carbocycles. The lowest BCUT2D eigenvalue weighted by molar-refractivity contribution is 0.0240. The molecule has 26 heavy (non-hydrogen) atoms. The van der Waals surface area contributed by atoms with Crippen LogP contribution >= 0.6 is 0 Å². The van der Waals surface area contributed by atoms with E-state index in [-0.39, 0.29) is 11.7 Å². The average Bonchev–Trinajstić information content (AvgIpc) is 2.61. The number of nitrogens with one attached hydrogen (secondary N) is 1. The molecule has 7 nitrogen and oxygen atoms in total. The second-order valence-electron chi connectivity index (χ2n) is 7.27. The van der Waals surface area contributed by atoms with Crippen LogP contribution < -0.4 is 10.5 Å². The summed E-state index contributed by atoms with van der Waals surface area (Å²) in [5, 5.41) is 0. The fraction of sp³-hybridized carbons (Fsp3) is 0.421. The zero-order chi connectivity index (χ0) is 18.7. The molecule has 0 atom stereocenters. The lowest BCUT2D eigenvalue weighted by Gasteiger charge is -2.35. The molecule has 1 aliphatic rings. The Kier molecular flexibility index (Phi) is 4.97. The van der Waals surface area contributed by atoms with Gasteiger partial charge in [-0.2, -0.15) is 0 Å². The van der Waals surface area contributed by atoms with Crippen molar-refractivity contribution in [3.63, 3.8) is 0 Å². The Hall–Kier alpha value is -2.83. The highest BCUT2D eigenvalue weighted by Crippen LogP contribution is 2.17. The molecule has 0 saturated carbocycles. The third-order valence-electron chi connectivity index (χ3n) is 4.10. The van der Waals surface area contributed by atoms with Crippen molar-refractivity contribution < 1.29 is 9.53 Å². The van der Waals surface area contributed by atoms with Gasteiger partial charge < -0.3 is 14.5 Å². The largest absolute Gasteiger partial charge is 0.444 e. The van der Waals surface area contributed by atoms with E-state index in [1.54, 1.807) is 11.1 Å². The number of amides is 1. The molecule has 0 radical (unpaired) electrons. The fourth-order valence-corrected chi connectivity index (χ4v) is 2.80. The van der Waals surface area contributed by atoms with Crippen LogP contribution in [0.5, 0.6) is 0 Å². The SMILES string of the molecule is CC(C)(C)OC(=O)N1CCN(c2ncc(-c3ccccc3)c(=O)[nH]2)CC1. The number of hydrogen-bond acceptors (Lipinski definition) is 5. The molecule has 2 heterocycles. The maximum absolute atomic E-state index is 12.4. The second kappa shape index (κ2) is 7.19. The highest BCUT2D eigenvalue weighted by Gasteiger charge is 2.26. The van der Waals surface area contributed by atoms with Gasteiger partial charge in [0.05, 0.1) is 5.56 Å². The van der Waals surface area contributed by atoms with Gasteiger partial charge in [0, 0.05) is 32.4 Å². The van der Waals surface area contributed by atoms with E-state index in [1.807, 2.05) is 56.0 Å². The lowest BCUT2D eigenvalue weighted by atomic mass is 10.1. The van der Waals surface area contributed by atoms with Crippen molar-refractivity contribution in [2.24, 2.45) is 0 Å². The predicted molar refractivity (Wildman–Crippen MR) is 100 cm³/mol. The highest BCUT2D eigenvalue weighted by atomic mass is 16.6. The Morgan fingerprint density at radius 3 is 2.35 bits per heavy atom. The summed E-state index contributed by atoms with van der Waals surface area (Å²) in [6, 6.07) is 9.44. The molecule has 0 bridgehead atoms. The molecule has 138 valence electrons. The van der Waals surface area contributed by atoms with Crippen LogP contribution in [0, 0.1) is 0 Å². The smallest absolute Gasteiger partial charge is 0.410 e. The summed E-state index contributed by atoms with van der Waals surface area (Å²) in [7, 11) is 0. The fourth-order valence-electron chi connectivity index (χ4n) is 2.80. The highest BCUT2D eigenvalue weighted by molar-refractivity contribution is 5.68. The van der Waals surface area contributed by atoms with E-state index in [2.05, 4.69) is 9.97 Å². The zero-order valence-electron chi connectivity index (χ0n) is 15.4. The topological polar surface area (TPSA) is 78.5 Å². The van der Waals surface area contributed by atoms with Gasteiger partial charge in [0.15, 0.2) is 0 Å². The van der Waals surface area contributed by atoms with E-state index >= 15 is 0 Å². The first-order chi connectivity index (χ1) is 12.3. The van der Waals surface area contributed by atoms with Crippen molar-refractivity contribution in [3.8, 4) is 11.1 Å². The molecule has 1 N–H and O–H groups in total. The van der Waals surface area contributed by atoms with Crippen molar-refractivity contribution in [1.29, 1.82) is 0 Å². The Morgan fingerprint density at radius 1 is 1.12 bits per heavy atom. The molecule has 1 amide bonds. The molecule has 0 aliphatic carbocycles. The molecule has 2 aromatic rings. The van der Waals surface area contributed by atoms with Gasteiger partial charge in [-0.05, 0) is 26.3 Å². The number of hydrogen-bond donors (Lipinski definition) is 1. The van der Waals surface area contributed by atoms with Crippen LogP contribution in [0.25, 0.3) is 11.1 Å². The van der Waals surface area contributed by atoms with Crippen molar-refractivity contribution in [3.05, 3.63) is 46.9 Å². The minimum atomic E-state index is -0.506.